The van der Waals surface area contributed by atoms with Gasteiger partial charge in [0, 0.05) is 0 Å². The Morgan fingerprint density at radius 2 is 1.42 bits per heavy atom. The van der Waals surface area contributed by atoms with Gasteiger partial charge in [-0.2, -0.15) is 0 Å². The molecule has 0 saturated heterocycles. The Bertz CT molecular complexity index is 460. The molecule has 24 heavy (non-hydrogen) atoms. The second-order valence-corrected chi connectivity index (χ2v) is 6.37. The van der Waals surface area contributed by atoms with E-state index in [0.717, 1.165) is 12.8 Å². The van der Waals surface area contributed by atoms with Gasteiger partial charge in [0.15, 0.2) is 0 Å². The van der Waals surface area contributed by atoms with E-state index in [4.69, 9.17) is 5.11 Å². The number of carbonyl (C=O) groups is 1. The van der Waals surface area contributed by atoms with Crippen LogP contribution in [0.1, 0.15) is 93.5 Å². The molecule has 0 fully saturated rings. The number of rotatable bonds is 13. The summed E-state index contributed by atoms with van der Waals surface area (Å²) in [5.41, 5.74) is 0.639. The van der Waals surface area contributed by atoms with Crippen LogP contribution in [0, 0.1) is 0 Å². The first-order valence-electron chi connectivity index (χ1n) is 9.19. The number of benzene rings is 1. The number of hydrogen-bond acceptors (Lipinski definition) is 2. The molecule has 0 aromatic heterocycles. The molecule has 0 aliphatic rings. The van der Waals surface area contributed by atoms with Gasteiger partial charge < -0.3 is 10.2 Å². The first-order valence-corrected chi connectivity index (χ1v) is 9.19. The summed E-state index contributed by atoms with van der Waals surface area (Å²) in [4.78, 5) is 11.1. The molecule has 0 spiro atoms. The average Bonchev–Trinajstić information content (AvgIpc) is 2.53. The molecular weight excluding hydrogens is 327 g/mol. The topological polar surface area (TPSA) is 60.4 Å². The van der Waals surface area contributed by atoms with Crippen LogP contribution >= 0.6 is 0 Å². The van der Waals surface area contributed by atoms with Crippen molar-refractivity contribution in [2.24, 2.45) is 0 Å². The molecule has 0 aliphatic heterocycles. The van der Waals surface area contributed by atoms with Crippen LogP contribution in [0.4, 0.5) is 0 Å². The van der Waals surface area contributed by atoms with Crippen LogP contribution in [0.25, 0.3) is 0 Å². The predicted octanol–water partition coefficient (Wildman–Crippen LogP) is 2.32. The van der Waals surface area contributed by atoms with Crippen molar-refractivity contribution in [3.8, 4) is 5.75 Å². The summed E-state index contributed by atoms with van der Waals surface area (Å²) in [7, 11) is 0. The van der Waals surface area contributed by atoms with Gasteiger partial charge in [-0.3, -0.25) is 0 Å². The zero-order chi connectivity index (χ0) is 16.9. The van der Waals surface area contributed by atoms with Crippen LogP contribution in [0.15, 0.2) is 18.2 Å². The third-order valence-corrected chi connectivity index (χ3v) is 4.39. The maximum absolute atomic E-state index is 11.8. The van der Waals surface area contributed by atoms with Gasteiger partial charge in [-0.15, -0.1) is 5.75 Å². The first kappa shape index (κ1) is 24.1. The van der Waals surface area contributed by atoms with Crippen molar-refractivity contribution in [3.05, 3.63) is 29.3 Å². The number of aromatic carboxylic acids is 1. The second kappa shape index (κ2) is 15.4. The molecule has 0 bridgehead atoms. The van der Waals surface area contributed by atoms with Crippen LogP contribution in [0.3, 0.4) is 0 Å². The Morgan fingerprint density at radius 3 is 1.92 bits per heavy atom. The second-order valence-electron chi connectivity index (χ2n) is 6.37. The zero-order valence-corrected chi connectivity index (χ0v) is 18.6. The van der Waals surface area contributed by atoms with E-state index in [1.165, 1.54) is 76.0 Å². The summed E-state index contributed by atoms with van der Waals surface area (Å²) < 4.78 is 0. The molecule has 1 N–H and O–H groups in total. The van der Waals surface area contributed by atoms with Crippen LogP contribution < -0.4 is 56.5 Å². The largest absolute Gasteiger partial charge is 1.00 e. The molecule has 0 atom stereocenters. The fourth-order valence-corrected chi connectivity index (χ4v) is 2.99. The molecule has 3 nitrogen and oxygen atoms in total. The Morgan fingerprint density at radius 1 is 0.917 bits per heavy atom. The molecule has 4 heteroatoms. The van der Waals surface area contributed by atoms with E-state index in [2.05, 4.69) is 6.92 Å². The molecular formula is C20H31KO3. The van der Waals surface area contributed by atoms with Crippen LogP contribution in [-0.2, 0) is 6.42 Å². The summed E-state index contributed by atoms with van der Waals surface area (Å²) >= 11 is 0. The van der Waals surface area contributed by atoms with Crippen molar-refractivity contribution >= 4 is 5.97 Å². The molecule has 0 amide bonds. The fraction of sp³-hybridized carbons (Fsp3) is 0.650. The van der Waals surface area contributed by atoms with E-state index in [-0.39, 0.29) is 62.7 Å². The molecule has 0 aliphatic carbocycles. The average molecular weight is 359 g/mol. The number of carboxylic acid groups (broad SMARTS) is 1. The van der Waals surface area contributed by atoms with Crippen LogP contribution in [0.5, 0.6) is 5.75 Å². The smallest absolute Gasteiger partial charge is 0.872 e. The normalized spacial score (nSPS) is 10.4. The Balaban J connectivity index is 0.00000529. The van der Waals surface area contributed by atoms with Gasteiger partial charge >= 0.3 is 57.4 Å². The van der Waals surface area contributed by atoms with Crippen LogP contribution in [0.2, 0.25) is 0 Å². The van der Waals surface area contributed by atoms with Crippen LogP contribution in [-0.4, -0.2) is 11.1 Å². The van der Waals surface area contributed by atoms with Gasteiger partial charge in [-0.05, 0) is 24.5 Å². The summed E-state index contributed by atoms with van der Waals surface area (Å²) in [6.07, 6.45) is 14.4. The Kier molecular flexibility index (Phi) is 15.5. The zero-order valence-electron chi connectivity index (χ0n) is 15.5. The van der Waals surface area contributed by atoms with E-state index < -0.39 is 5.97 Å². The minimum atomic E-state index is -0.999. The Hall–Kier alpha value is 0.126. The third-order valence-electron chi connectivity index (χ3n) is 4.39. The summed E-state index contributed by atoms with van der Waals surface area (Å²) in [5.74, 6) is -1.14. The molecule has 0 radical (unpaired) electrons. The van der Waals surface area contributed by atoms with Gasteiger partial charge in [0.25, 0.3) is 0 Å². The standard InChI is InChI=1S/C20H32O3.K/c1-2-3-4-5-6-7-8-9-10-11-12-14-17-18(20(22)23)15-13-16-19(17)21;/h13,15-16,21H,2-12,14H2,1H3,(H,22,23);/q;+1/p-1. The van der Waals surface area contributed by atoms with E-state index in [1.807, 2.05) is 0 Å². The monoisotopic (exact) mass is 358 g/mol. The molecule has 0 saturated carbocycles. The minimum Gasteiger partial charge on any atom is -0.872 e. The van der Waals surface area contributed by atoms with Gasteiger partial charge in [0.1, 0.15) is 0 Å². The number of hydrogen-bond donors (Lipinski definition) is 1. The van der Waals surface area contributed by atoms with Gasteiger partial charge in [-0.25, -0.2) is 4.79 Å². The number of carboxylic acids is 1. The maximum atomic E-state index is 11.8. The van der Waals surface area contributed by atoms with Gasteiger partial charge in [0.05, 0.1) is 5.56 Å². The maximum Gasteiger partial charge on any atom is 1.00 e. The van der Waals surface area contributed by atoms with Gasteiger partial charge in [-0.1, -0.05) is 83.3 Å². The van der Waals surface area contributed by atoms with Crippen molar-refractivity contribution in [1.29, 1.82) is 0 Å². The quantitative estimate of drug-likeness (QED) is 0.435. The summed E-state index contributed by atoms with van der Waals surface area (Å²) in [6.45, 7) is 2.24. The molecule has 1 aromatic rings. The van der Waals surface area contributed by atoms with Crippen molar-refractivity contribution in [3.63, 3.8) is 0 Å². The molecule has 0 unspecified atom stereocenters. The van der Waals surface area contributed by atoms with Crippen molar-refractivity contribution in [2.75, 3.05) is 0 Å². The van der Waals surface area contributed by atoms with E-state index in [9.17, 15) is 9.90 Å². The van der Waals surface area contributed by atoms with Crippen molar-refractivity contribution in [1.82, 2.24) is 0 Å². The molecule has 1 aromatic carbocycles. The Labute approximate surface area is 189 Å². The minimum absolute atomic E-state index is 0. The van der Waals surface area contributed by atoms with E-state index in [0.29, 0.717) is 12.0 Å². The summed E-state index contributed by atoms with van der Waals surface area (Å²) in [6, 6.07) is 4.51. The molecule has 1 rings (SSSR count). The van der Waals surface area contributed by atoms with E-state index >= 15 is 0 Å². The first-order chi connectivity index (χ1) is 11.2. The van der Waals surface area contributed by atoms with Gasteiger partial charge in [0.2, 0.25) is 0 Å². The third kappa shape index (κ3) is 10.2. The molecule has 0 heterocycles. The molecule has 130 valence electrons. The van der Waals surface area contributed by atoms with Crippen molar-refractivity contribution in [2.45, 2.75) is 84.0 Å². The number of unbranched alkanes of at least 4 members (excludes halogenated alkanes) is 10. The van der Waals surface area contributed by atoms with Crippen molar-refractivity contribution < 1.29 is 66.4 Å². The van der Waals surface area contributed by atoms with E-state index in [1.54, 1.807) is 0 Å². The summed E-state index contributed by atoms with van der Waals surface area (Å²) in [5, 5.41) is 20.9. The predicted molar refractivity (Wildman–Crippen MR) is 93.0 cm³/mol. The fourth-order valence-electron chi connectivity index (χ4n) is 2.99. The SMILES string of the molecule is CCCCCCCCCCCCCc1c([O-])cccc1C(=O)O.[K+].